The van der Waals surface area contributed by atoms with Crippen molar-refractivity contribution in [1.82, 2.24) is 4.98 Å². The van der Waals surface area contributed by atoms with Crippen LogP contribution in [-0.2, 0) is 21.7 Å². The molecule has 1 aromatic carbocycles. The number of ether oxygens (including phenoxy) is 1. The molecular weight excluding hydrogens is 354 g/mol. The molecule has 0 radical (unpaired) electrons. The van der Waals surface area contributed by atoms with Crippen molar-refractivity contribution in [2.24, 2.45) is 5.73 Å². The smallest absolute Gasteiger partial charge is 0.219 e. The monoisotopic (exact) mass is 375 g/mol. The fourth-order valence-electron chi connectivity index (χ4n) is 2.18. The molecule has 0 spiro atoms. The second kappa shape index (κ2) is 9.69. The molecule has 1 heterocycles. The zero-order valence-electron chi connectivity index (χ0n) is 14.3. The van der Waals surface area contributed by atoms with Gasteiger partial charge in [-0.25, -0.2) is 9.19 Å². The van der Waals surface area contributed by atoms with E-state index in [9.17, 15) is 9.32 Å². The van der Waals surface area contributed by atoms with Gasteiger partial charge in [-0.15, -0.1) is 0 Å². The third kappa shape index (κ3) is 5.98. The minimum absolute atomic E-state index is 0.120. The molecule has 0 fully saturated rings. The van der Waals surface area contributed by atoms with Crippen molar-refractivity contribution in [2.75, 3.05) is 12.9 Å². The number of allylic oxidation sites excluding steroid dienone is 1. The lowest BCUT2D eigenvalue weighted by Gasteiger charge is -2.09. The third-order valence-electron chi connectivity index (χ3n) is 3.45. The van der Waals surface area contributed by atoms with Crippen molar-refractivity contribution in [3.05, 3.63) is 53.7 Å². The maximum Gasteiger partial charge on any atom is 0.219 e. The summed E-state index contributed by atoms with van der Waals surface area (Å²) in [4.78, 5) is 4.16. The SMILES string of the molecule is CS(=O)OCCCc1ccc(Oc2ccc(/C(N)=C/C=N)cn2)cc1O. The molecule has 138 valence electrons. The van der Waals surface area contributed by atoms with Crippen LogP contribution in [0.25, 0.3) is 5.70 Å². The van der Waals surface area contributed by atoms with E-state index in [-0.39, 0.29) is 5.75 Å². The van der Waals surface area contributed by atoms with Gasteiger partial charge >= 0.3 is 0 Å². The fourth-order valence-corrected chi connectivity index (χ4v) is 2.53. The fraction of sp³-hybridized carbons (Fsp3) is 0.222. The summed E-state index contributed by atoms with van der Waals surface area (Å²) in [5, 5.41) is 17.1. The van der Waals surface area contributed by atoms with Crippen LogP contribution < -0.4 is 10.5 Å². The Hall–Kier alpha value is -2.71. The molecule has 1 aromatic heterocycles. The molecule has 1 unspecified atom stereocenters. The number of hydrogen-bond donors (Lipinski definition) is 3. The minimum Gasteiger partial charge on any atom is -0.508 e. The molecule has 0 amide bonds. The Morgan fingerprint density at radius 1 is 1.38 bits per heavy atom. The highest BCUT2D eigenvalue weighted by molar-refractivity contribution is 7.79. The van der Waals surface area contributed by atoms with E-state index in [0.717, 1.165) is 11.8 Å². The van der Waals surface area contributed by atoms with Crippen molar-refractivity contribution in [1.29, 1.82) is 5.41 Å². The van der Waals surface area contributed by atoms with Gasteiger partial charge in [0.1, 0.15) is 11.5 Å². The number of phenolic OH excluding ortho intramolecular Hbond substituents is 1. The van der Waals surface area contributed by atoms with Crippen molar-refractivity contribution in [3.63, 3.8) is 0 Å². The molecule has 0 aliphatic heterocycles. The first-order valence-corrected chi connectivity index (χ1v) is 9.37. The first-order chi connectivity index (χ1) is 12.5. The molecule has 0 aliphatic rings. The average Bonchev–Trinajstić information content (AvgIpc) is 2.61. The van der Waals surface area contributed by atoms with Gasteiger partial charge in [-0.1, -0.05) is 6.07 Å². The van der Waals surface area contributed by atoms with E-state index in [0.29, 0.717) is 42.3 Å². The lowest BCUT2D eigenvalue weighted by atomic mass is 10.1. The summed E-state index contributed by atoms with van der Waals surface area (Å²) in [6.07, 6.45) is 6.87. The summed E-state index contributed by atoms with van der Waals surface area (Å²) in [7, 11) is 0. The molecule has 8 heteroatoms. The summed E-state index contributed by atoms with van der Waals surface area (Å²) in [5.41, 5.74) is 7.67. The maximum absolute atomic E-state index is 10.8. The number of nitrogens with one attached hydrogen (secondary N) is 1. The molecule has 0 aliphatic carbocycles. The van der Waals surface area contributed by atoms with Crippen molar-refractivity contribution in [3.8, 4) is 17.4 Å². The first-order valence-electron chi connectivity index (χ1n) is 7.88. The highest BCUT2D eigenvalue weighted by atomic mass is 32.2. The van der Waals surface area contributed by atoms with E-state index < -0.39 is 11.1 Å². The molecule has 2 aromatic rings. The quantitative estimate of drug-likeness (QED) is 0.458. The van der Waals surface area contributed by atoms with Gasteiger partial charge in [0.2, 0.25) is 5.88 Å². The Labute approximate surface area is 154 Å². The number of aromatic nitrogens is 1. The van der Waals surface area contributed by atoms with Crippen LogP contribution >= 0.6 is 0 Å². The molecule has 7 nitrogen and oxygen atoms in total. The van der Waals surface area contributed by atoms with Crippen molar-refractivity contribution >= 4 is 23.0 Å². The number of hydrogen-bond acceptors (Lipinski definition) is 7. The zero-order chi connectivity index (χ0) is 18.9. The Balaban J connectivity index is 1.97. The van der Waals surface area contributed by atoms with Gasteiger partial charge in [-0.2, -0.15) is 0 Å². The summed E-state index contributed by atoms with van der Waals surface area (Å²) in [6.45, 7) is 0.368. The van der Waals surface area contributed by atoms with Crippen LogP contribution in [0, 0.1) is 5.41 Å². The van der Waals surface area contributed by atoms with Crippen LogP contribution in [-0.4, -0.2) is 33.4 Å². The Morgan fingerprint density at radius 2 is 2.19 bits per heavy atom. The van der Waals surface area contributed by atoms with Crippen LogP contribution in [0.3, 0.4) is 0 Å². The van der Waals surface area contributed by atoms with E-state index in [2.05, 4.69) is 4.98 Å². The second-order valence-corrected chi connectivity index (χ2v) is 6.43. The van der Waals surface area contributed by atoms with Crippen LogP contribution in [0.5, 0.6) is 17.4 Å². The highest BCUT2D eigenvalue weighted by Crippen LogP contribution is 2.28. The van der Waals surface area contributed by atoms with Crippen LogP contribution in [0.2, 0.25) is 0 Å². The molecule has 26 heavy (non-hydrogen) atoms. The van der Waals surface area contributed by atoms with E-state index >= 15 is 0 Å². The molecule has 1 atom stereocenters. The largest absolute Gasteiger partial charge is 0.508 e. The summed E-state index contributed by atoms with van der Waals surface area (Å²) < 4.78 is 21.4. The second-order valence-electron chi connectivity index (χ2n) is 5.39. The number of benzene rings is 1. The molecule has 4 N–H and O–H groups in total. The first kappa shape index (κ1) is 19.6. The summed E-state index contributed by atoms with van der Waals surface area (Å²) in [6, 6.07) is 8.43. The number of aryl methyl sites for hydroxylation is 1. The highest BCUT2D eigenvalue weighted by Gasteiger charge is 2.06. The molecule has 0 bridgehead atoms. The van der Waals surface area contributed by atoms with Gasteiger partial charge in [-0.05, 0) is 36.6 Å². The summed E-state index contributed by atoms with van der Waals surface area (Å²) >= 11 is -1.27. The number of aromatic hydroxyl groups is 1. The minimum atomic E-state index is -1.27. The van der Waals surface area contributed by atoms with Crippen LogP contribution in [0.15, 0.2) is 42.6 Å². The Kier molecular flexibility index (Phi) is 7.31. The lowest BCUT2D eigenvalue weighted by molar-refractivity contribution is 0.341. The van der Waals surface area contributed by atoms with Gasteiger partial charge in [0, 0.05) is 42.1 Å². The number of nitrogens with zero attached hydrogens (tertiary/aromatic N) is 1. The zero-order valence-corrected chi connectivity index (χ0v) is 15.2. The van der Waals surface area contributed by atoms with E-state index in [4.69, 9.17) is 20.1 Å². The number of phenols is 1. The van der Waals surface area contributed by atoms with Gasteiger partial charge in [0.15, 0.2) is 11.1 Å². The Bertz CT molecular complexity index is 807. The number of nitrogens with two attached hydrogens (primary N) is 1. The maximum atomic E-state index is 10.8. The van der Waals surface area contributed by atoms with Gasteiger partial charge < -0.3 is 21.0 Å². The Morgan fingerprint density at radius 3 is 2.81 bits per heavy atom. The van der Waals surface area contributed by atoms with Crippen molar-refractivity contribution in [2.45, 2.75) is 12.8 Å². The lowest BCUT2D eigenvalue weighted by Crippen LogP contribution is -1.99. The molecule has 2 rings (SSSR count). The number of pyridine rings is 1. The third-order valence-corrected chi connectivity index (χ3v) is 3.95. The average molecular weight is 375 g/mol. The predicted molar refractivity (Wildman–Crippen MR) is 102 cm³/mol. The van der Waals surface area contributed by atoms with E-state index in [1.165, 1.54) is 18.4 Å². The van der Waals surface area contributed by atoms with E-state index in [1.54, 1.807) is 30.5 Å². The van der Waals surface area contributed by atoms with Gasteiger partial charge in [0.25, 0.3) is 0 Å². The van der Waals surface area contributed by atoms with Gasteiger partial charge in [0.05, 0.1) is 6.61 Å². The van der Waals surface area contributed by atoms with Crippen LogP contribution in [0.1, 0.15) is 17.5 Å². The standard InChI is InChI=1S/C18H21N3O4S/c1-26(23)24-10-2-3-13-4-6-15(11-17(13)22)25-18-7-5-14(12-21-18)16(20)8-9-19/h4-9,11-12,19,22H,2-3,10,20H2,1H3/b16-8-,19-9?. The van der Waals surface area contributed by atoms with Gasteiger partial charge in [-0.3, -0.25) is 4.18 Å². The number of rotatable bonds is 9. The topological polar surface area (TPSA) is 119 Å². The summed E-state index contributed by atoms with van der Waals surface area (Å²) in [5.74, 6) is 0.942. The van der Waals surface area contributed by atoms with E-state index in [1.807, 2.05) is 0 Å². The molecular formula is C18H21N3O4S. The molecule has 0 saturated heterocycles. The molecule has 0 saturated carbocycles. The normalized spacial score (nSPS) is 12.6. The van der Waals surface area contributed by atoms with Crippen molar-refractivity contribution < 1.29 is 18.2 Å². The van der Waals surface area contributed by atoms with Crippen LogP contribution in [0.4, 0.5) is 0 Å². The predicted octanol–water partition coefficient (Wildman–Crippen LogP) is 2.77.